The van der Waals surface area contributed by atoms with Gasteiger partial charge in [0.2, 0.25) is 4.91 Å². The SMILES string of the molecule is N=[N+]=Nc1ccc(NCCCCCC(=O)ON2C(=O)CC(S(=O)(=O)[O-])C2=O)c([N+](=O)[O-])c1.[Na+]. The van der Waals surface area contributed by atoms with Gasteiger partial charge in [-0.1, -0.05) is 6.42 Å². The molecule has 33 heavy (non-hydrogen) atoms. The van der Waals surface area contributed by atoms with Crippen LogP contribution in [0.1, 0.15) is 32.1 Å². The molecule has 1 fully saturated rings. The van der Waals surface area contributed by atoms with Crippen LogP contribution in [-0.2, 0) is 29.3 Å². The van der Waals surface area contributed by atoms with Crippen LogP contribution in [0.2, 0.25) is 0 Å². The number of nitrogens with zero attached hydrogens (tertiary/aromatic N) is 4. The molecule has 0 aromatic heterocycles. The third-order valence-electron chi connectivity index (χ3n) is 4.32. The van der Waals surface area contributed by atoms with Crippen LogP contribution in [0, 0.1) is 15.6 Å². The molecule has 1 aliphatic heterocycles. The third kappa shape index (κ3) is 7.96. The van der Waals surface area contributed by atoms with E-state index in [9.17, 15) is 37.5 Å². The second kappa shape index (κ2) is 12.5. The zero-order chi connectivity index (χ0) is 23.9. The van der Waals surface area contributed by atoms with Gasteiger partial charge in [0.15, 0.2) is 10.8 Å². The Morgan fingerprint density at radius 1 is 1.33 bits per heavy atom. The van der Waals surface area contributed by atoms with Crippen LogP contribution in [0.5, 0.6) is 0 Å². The number of nitro benzene ring substituents is 1. The Morgan fingerprint density at radius 2 is 2.03 bits per heavy atom. The molecule has 0 bridgehead atoms. The standard InChI is InChI=1S/C16H18N6O9S.Na/c17-20-19-10-5-6-11(12(8-10)22(26)27)18-7-3-1-2-4-15(24)31-21-14(23)9-13(16(21)25)32(28,29)30;/h5-6,8,13,17H,1-4,7,9H2,(H,28,29,30);/q;+1. The zero-order valence-corrected chi connectivity index (χ0v) is 20.2. The molecule has 0 saturated carbocycles. The van der Waals surface area contributed by atoms with Crippen LogP contribution in [0.3, 0.4) is 0 Å². The fraction of sp³-hybridized carbons (Fsp3) is 0.438. The van der Waals surface area contributed by atoms with Gasteiger partial charge >= 0.3 is 35.5 Å². The minimum atomic E-state index is -5.04. The zero-order valence-electron chi connectivity index (χ0n) is 17.4. The van der Waals surface area contributed by atoms with Gasteiger partial charge in [0.05, 0.1) is 17.4 Å². The maximum Gasteiger partial charge on any atom is 1.00 e. The van der Waals surface area contributed by atoms with E-state index < -0.39 is 44.5 Å². The first-order valence-corrected chi connectivity index (χ1v) is 10.6. The number of hydrogen-bond donors (Lipinski definition) is 2. The van der Waals surface area contributed by atoms with Crippen LogP contribution >= 0.6 is 0 Å². The van der Waals surface area contributed by atoms with Gasteiger partial charge in [-0.05, 0) is 25.0 Å². The van der Waals surface area contributed by atoms with Crippen molar-refractivity contribution in [1.29, 1.82) is 5.53 Å². The van der Waals surface area contributed by atoms with Crippen LogP contribution < -0.4 is 39.8 Å². The van der Waals surface area contributed by atoms with Crippen LogP contribution in [0.25, 0.3) is 0 Å². The number of rotatable bonds is 11. The molecule has 1 aromatic carbocycles. The molecule has 1 aliphatic rings. The van der Waals surface area contributed by atoms with Crippen molar-refractivity contribution < 1.29 is 66.7 Å². The molecule has 2 amide bonds. The van der Waals surface area contributed by atoms with Crippen molar-refractivity contribution in [3.05, 3.63) is 28.3 Å². The first-order valence-electron chi connectivity index (χ1n) is 9.16. The molecule has 1 heterocycles. The molecule has 0 radical (unpaired) electrons. The monoisotopic (exact) mass is 493 g/mol. The Hall–Kier alpha value is -2.75. The fourth-order valence-corrected chi connectivity index (χ4v) is 3.48. The van der Waals surface area contributed by atoms with E-state index in [1.807, 2.05) is 0 Å². The van der Waals surface area contributed by atoms with Crippen LogP contribution in [-0.4, -0.2) is 52.5 Å². The van der Waals surface area contributed by atoms with Crippen molar-refractivity contribution in [1.82, 2.24) is 9.97 Å². The average Bonchev–Trinajstić information content (AvgIpc) is 3.00. The second-order valence-corrected chi connectivity index (χ2v) is 8.13. The number of carbonyl (C=O) groups is 3. The largest absolute Gasteiger partial charge is 1.00 e. The minimum Gasteiger partial charge on any atom is -0.747 e. The summed E-state index contributed by atoms with van der Waals surface area (Å²) in [4.78, 5) is 53.1. The van der Waals surface area contributed by atoms with E-state index in [-0.39, 0.29) is 58.1 Å². The van der Waals surface area contributed by atoms with E-state index >= 15 is 0 Å². The number of nitro groups is 1. The minimum absolute atomic E-state index is 0. The summed E-state index contributed by atoms with van der Waals surface area (Å²) in [6.07, 6.45) is 0.240. The van der Waals surface area contributed by atoms with Crippen LogP contribution in [0.15, 0.2) is 23.3 Å². The van der Waals surface area contributed by atoms with E-state index in [2.05, 4.69) is 20.2 Å². The summed E-state index contributed by atoms with van der Waals surface area (Å²) in [6.45, 7) is 0.335. The maximum atomic E-state index is 11.8. The topological polar surface area (TPSA) is 226 Å². The van der Waals surface area contributed by atoms with Gasteiger partial charge in [-0.2, -0.15) is 0 Å². The molecule has 2 rings (SSSR count). The van der Waals surface area contributed by atoms with Crippen molar-refractivity contribution in [2.45, 2.75) is 37.4 Å². The summed E-state index contributed by atoms with van der Waals surface area (Å²) < 4.78 is 32.8. The van der Waals surface area contributed by atoms with E-state index in [4.69, 9.17) is 5.53 Å². The Labute approximate surface area is 209 Å². The molecule has 0 aliphatic carbocycles. The third-order valence-corrected chi connectivity index (χ3v) is 5.39. The molecule has 0 spiro atoms. The number of carbonyl (C=O) groups excluding carboxylic acids is 3. The molecule has 1 unspecified atom stereocenters. The van der Waals surface area contributed by atoms with Crippen molar-refractivity contribution >= 4 is 45.0 Å². The van der Waals surface area contributed by atoms with E-state index in [0.717, 1.165) is 0 Å². The smallest absolute Gasteiger partial charge is 0.747 e. The van der Waals surface area contributed by atoms with E-state index in [1.165, 1.54) is 18.2 Å². The van der Waals surface area contributed by atoms with Crippen molar-refractivity contribution in [2.24, 2.45) is 5.11 Å². The average molecular weight is 493 g/mol. The Balaban J connectivity index is 0.00000544. The fourth-order valence-electron chi connectivity index (χ4n) is 2.79. The van der Waals surface area contributed by atoms with Crippen LogP contribution in [0.4, 0.5) is 17.1 Å². The molecular weight excluding hydrogens is 475 g/mol. The predicted molar refractivity (Wildman–Crippen MR) is 103 cm³/mol. The number of amides is 2. The predicted octanol–water partition coefficient (Wildman–Crippen LogP) is -2.12. The molecule has 172 valence electrons. The summed E-state index contributed by atoms with van der Waals surface area (Å²) in [7, 11) is -5.04. The number of hydroxylamine groups is 2. The number of benzene rings is 1. The van der Waals surface area contributed by atoms with Crippen molar-refractivity contribution in [3.63, 3.8) is 0 Å². The first-order chi connectivity index (χ1) is 15.0. The van der Waals surface area contributed by atoms with Gasteiger partial charge in [0.25, 0.3) is 17.5 Å². The quantitative estimate of drug-likeness (QED) is 0.0498. The first kappa shape index (κ1) is 28.3. The normalized spacial score (nSPS) is 15.4. The Morgan fingerprint density at radius 3 is 2.61 bits per heavy atom. The number of nitrogens with one attached hydrogen (secondary N) is 2. The summed E-state index contributed by atoms with van der Waals surface area (Å²) in [6, 6.07) is 4.05. The number of anilines is 1. The summed E-state index contributed by atoms with van der Waals surface area (Å²) in [5, 5.41) is 15.4. The molecule has 1 saturated heterocycles. The summed E-state index contributed by atoms with van der Waals surface area (Å²) in [5.74, 6) is -3.42. The van der Waals surface area contributed by atoms with Gasteiger partial charge < -0.3 is 14.7 Å². The van der Waals surface area contributed by atoms with Crippen molar-refractivity contribution in [3.8, 4) is 0 Å². The number of imide groups is 1. The van der Waals surface area contributed by atoms with Gasteiger partial charge in [-0.15, -0.1) is 5.06 Å². The molecular formula is C16H18N6NaO9S+. The van der Waals surface area contributed by atoms with Gasteiger partial charge in [-0.3, -0.25) is 19.7 Å². The Kier molecular flexibility index (Phi) is 10.7. The summed E-state index contributed by atoms with van der Waals surface area (Å²) in [5.41, 5.74) is 6.82. The van der Waals surface area contributed by atoms with Crippen molar-refractivity contribution in [2.75, 3.05) is 11.9 Å². The maximum absolute atomic E-state index is 11.8. The summed E-state index contributed by atoms with van der Waals surface area (Å²) >= 11 is 0. The molecule has 2 N–H and O–H groups in total. The van der Waals surface area contributed by atoms with E-state index in [0.29, 0.717) is 25.8 Å². The van der Waals surface area contributed by atoms with Gasteiger partial charge in [0, 0.05) is 13.0 Å². The number of hydrogen-bond acceptors (Lipinski definition) is 12. The molecule has 1 atom stereocenters. The van der Waals surface area contributed by atoms with Gasteiger partial charge in [-0.25, -0.2) is 13.2 Å². The number of unbranched alkanes of at least 4 members (excludes halogenated alkanes) is 2. The second-order valence-electron chi connectivity index (χ2n) is 6.57. The molecule has 15 nitrogen and oxygen atoms in total. The van der Waals surface area contributed by atoms with Gasteiger partial charge in [0.1, 0.15) is 26.6 Å². The molecule has 17 heteroatoms. The van der Waals surface area contributed by atoms with E-state index in [1.54, 1.807) is 0 Å². The molecule has 1 aromatic rings. The Bertz CT molecular complexity index is 1090.